The highest BCUT2D eigenvalue weighted by molar-refractivity contribution is 5.14. The van der Waals surface area contributed by atoms with Gasteiger partial charge in [-0.25, -0.2) is 4.68 Å². The van der Waals surface area contributed by atoms with Gasteiger partial charge in [0.05, 0.1) is 0 Å². The second kappa shape index (κ2) is 2.68. The van der Waals surface area contributed by atoms with E-state index in [1.54, 1.807) is 0 Å². The summed E-state index contributed by atoms with van der Waals surface area (Å²) >= 11 is 0. The average molecular weight is 141 g/mol. The van der Waals surface area contributed by atoms with Crippen molar-refractivity contribution in [3.8, 4) is 5.88 Å². The minimum atomic E-state index is 0.199. The molecule has 0 fully saturated rings. The molecule has 1 N–H and O–H groups in total. The smallest absolute Gasteiger partial charge is 0.233 e. The van der Waals surface area contributed by atoms with Crippen LogP contribution in [0.15, 0.2) is 0 Å². The SMILES string of the molecule is CCc1nnn(CC)c1O. The highest BCUT2D eigenvalue weighted by Gasteiger charge is 2.06. The van der Waals surface area contributed by atoms with Crippen LogP contribution in [0.4, 0.5) is 0 Å². The molecule has 0 radical (unpaired) electrons. The lowest BCUT2D eigenvalue weighted by atomic mass is 10.3. The monoisotopic (exact) mass is 141 g/mol. The highest BCUT2D eigenvalue weighted by Crippen LogP contribution is 2.12. The van der Waals surface area contributed by atoms with Crippen molar-refractivity contribution < 1.29 is 5.11 Å². The molecule has 0 saturated carbocycles. The number of aromatic nitrogens is 3. The Morgan fingerprint density at radius 1 is 1.50 bits per heavy atom. The molecule has 0 atom stereocenters. The molecule has 4 nitrogen and oxygen atoms in total. The molecule has 0 unspecified atom stereocenters. The van der Waals surface area contributed by atoms with E-state index >= 15 is 0 Å². The largest absolute Gasteiger partial charge is 0.492 e. The maximum absolute atomic E-state index is 9.27. The highest BCUT2D eigenvalue weighted by atomic mass is 16.3. The number of hydrogen-bond donors (Lipinski definition) is 1. The first-order chi connectivity index (χ1) is 4.79. The predicted molar refractivity (Wildman–Crippen MR) is 36.7 cm³/mol. The molecular formula is C6H11N3O. The lowest BCUT2D eigenvalue weighted by Crippen LogP contribution is -1.95. The molecule has 1 rings (SSSR count). The van der Waals surface area contributed by atoms with E-state index in [1.807, 2.05) is 13.8 Å². The molecule has 1 aromatic rings. The fourth-order valence-electron chi connectivity index (χ4n) is 0.786. The minimum absolute atomic E-state index is 0.199. The summed E-state index contributed by atoms with van der Waals surface area (Å²) in [7, 11) is 0. The Hall–Kier alpha value is -1.06. The summed E-state index contributed by atoms with van der Waals surface area (Å²) in [5.41, 5.74) is 0.668. The molecule has 0 bridgehead atoms. The number of aromatic hydroxyl groups is 1. The van der Waals surface area contributed by atoms with E-state index < -0.39 is 0 Å². The Labute approximate surface area is 59.5 Å². The number of rotatable bonds is 2. The van der Waals surface area contributed by atoms with E-state index in [0.29, 0.717) is 12.2 Å². The van der Waals surface area contributed by atoms with Crippen LogP contribution >= 0.6 is 0 Å². The first kappa shape index (κ1) is 7.05. The zero-order chi connectivity index (χ0) is 7.56. The average Bonchev–Trinajstić information content (AvgIpc) is 2.30. The van der Waals surface area contributed by atoms with Gasteiger partial charge in [-0.15, -0.1) is 5.10 Å². The zero-order valence-corrected chi connectivity index (χ0v) is 6.20. The molecule has 0 amide bonds. The molecule has 1 heterocycles. The molecule has 4 heteroatoms. The van der Waals surface area contributed by atoms with E-state index in [1.165, 1.54) is 4.68 Å². The van der Waals surface area contributed by atoms with E-state index in [0.717, 1.165) is 6.42 Å². The van der Waals surface area contributed by atoms with Gasteiger partial charge in [0.2, 0.25) is 5.88 Å². The zero-order valence-electron chi connectivity index (χ0n) is 6.20. The molecule has 0 saturated heterocycles. The molecule has 0 aliphatic rings. The normalized spacial score (nSPS) is 10.2. The summed E-state index contributed by atoms with van der Waals surface area (Å²) in [6.07, 6.45) is 0.728. The first-order valence-electron chi connectivity index (χ1n) is 3.40. The van der Waals surface area contributed by atoms with E-state index in [9.17, 15) is 5.11 Å². The summed E-state index contributed by atoms with van der Waals surface area (Å²) in [6.45, 7) is 4.51. The fourth-order valence-corrected chi connectivity index (χ4v) is 0.786. The second-order valence-electron chi connectivity index (χ2n) is 2.03. The van der Waals surface area contributed by atoms with Crippen molar-refractivity contribution in [2.24, 2.45) is 0 Å². The van der Waals surface area contributed by atoms with Gasteiger partial charge in [0.1, 0.15) is 5.69 Å². The third-order valence-electron chi connectivity index (χ3n) is 1.41. The summed E-state index contributed by atoms with van der Waals surface area (Å²) in [5, 5.41) is 16.8. The maximum atomic E-state index is 9.27. The van der Waals surface area contributed by atoms with Crippen molar-refractivity contribution in [3.05, 3.63) is 5.69 Å². The van der Waals surface area contributed by atoms with Crippen LogP contribution in [0.5, 0.6) is 5.88 Å². The van der Waals surface area contributed by atoms with Gasteiger partial charge in [-0.05, 0) is 13.3 Å². The maximum Gasteiger partial charge on any atom is 0.233 e. The number of aryl methyl sites for hydroxylation is 2. The molecular weight excluding hydrogens is 130 g/mol. The fraction of sp³-hybridized carbons (Fsp3) is 0.667. The summed E-state index contributed by atoms with van der Waals surface area (Å²) in [4.78, 5) is 0. The lowest BCUT2D eigenvalue weighted by molar-refractivity contribution is 0.400. The van der Waals surface area contributed by atoms with Crippen molar-refractivity contribution in [3.63, 3.8) is 0 Å². The van der Waals surface area contributed by atoms with Crippen LogP contribution in [0.2, 0.25) is 0 Å². The Morgan fingerprint density at radius 2 is 2.20 bits per heavy atom. The standard InChI is InChI=1S/C6H11N3O/c1-3-5-6(10)9(4-2)8-7-5/h10H,3-4H2,1-2H3. The van der Waals surface area contributed by atoms with Gasteiger partial charge in [0, 0.05) is 6.54 Å². The van der Waals surface area contributed by atoms with Crippen molar-refractivity contribution >= 4 is 0 Å². The third-order valence-corrected chi connectivity index (χ3v) is 1.41. The lowest BCUT2D eigenvalue weighted by Gasteiger charge is -1.94. The molecule has 0 aromatic carbocycles. The Balaban J connectivity index is 2.97. The van der Waals surface area contributed by atoms with Crippen molar-refractivity contribution in [1.29, 1.82) is 0 Å². The van der Waals surface area contributed by atoms with Gasteiger partial charge >= 0.3 is 0 Å². The molecule has 0 aliphatic heterocycles. The van der Waals surface area contributed by atoms with Crippen molar-refractivity contribution in [2.75, 3.05) is 0 Å². The van der Waals surface area contributed by atoms with Gasteiger partial charge in [-0.3, -0.25) is 0 Å². The van der Waals surface area contributed by atoms with Gasteiger partial charge in [0.15, 0.2) is 0 Å². The summed E-state index contributed by atoms with van der Waals surface area (Å²) in [5.74, 6) is 0.199. The van der Waals surface area contributed by atoms with E-state index in [2.05, 4.69) is 10.3 Å². The van der Waals surface area contributed by atoms with Gasteiger partial charge < -0.3 is 5.11 Å². The molecule has 0 spiro atoms. The molecule has 0 aliphatic carbocycles. The van der Waals surface area contributed by atoms with Gasteiger partial charge in [-0.1, -0.05) is 12.1 Å². The van der Waals surface area contributed by atoms with Crippen LogP contribution in [0, 0.1) is 0 Å². The topological polar surface area (TPSA) is 50.9 Å². The van der Waals surface area contributed by atoms with Crippen LogP contribution in [0.25, 0.3) is 0 Å². The summed E-state index contributed by atoms with van der Waals surface area (Å²) < 4.78 is 1.47. The Bertz CT molecular complexity index is 197. The van der Waals surface area contributed by atoms with Crippen LogP contribution < -0.4 is 0 Å². The summed E-state index contributed by atoms with van der Waals surface area (Å²) in [6, 6.07) is 0. The van der Waals surface area contributed by atoms with Crippen LogP contribution in [0.1, 0.15) is 19.5 Å². The Kier molecular flexibility index (Phi) is 1.89. The van der Waals surface area contributed by atoms with Gasteiger partial charge in [-0.2, -0.15) is 0 Å². The van der Waals surface area contributed by atoms with Crippen LogP contribution in [0.3, 0.4) is 0 Å². The molecule has 56 valence electrons. The van der Waals surface area contributed by atoms with Crippen molar-refractivity contribution in [2.45, 2.75) is 26.8 Å². The van der Waals surface area contributed by atoms with E-state index in [4.69, 9.17) is 0 Å². The Morgan fingerprint density at radius 3 is 2.50 bits per heavy atom. The number of nitrogens with zero attached hydrogens (tertiary/aromatic N) is 3. The van der Waals surface area contributed by atoms with E-state index in [-0.39, 0.29) is 5.88 Å². The first-order valence-corrected chi connectivity index (χ1v) is 3.40. The van der Waals surface area contributed by atoms with Crippen LogP contribution in [-0.4, -0.2) is 20.1 Å². The van der Waals surface area contributed by atoms with Gasteiger partial charge in [0.25, 0.3) is 0 Å². The molecule has 1 aromatic heterocycles. The minimum Gasteiger partial charge on any atom is -0.492 e. The predicted octanol–water partition coefficient (Wildman–Crippen LogP) is 0.566. The quantitative estimate of drug-likeness (QED) is 0.655. The third kappa shape index (κ3) is 0.964. The van der Waals surface area contributed by atoms with Crippen LogP contribution in [-0.2, 0) is 13.0 Å². The molecule has 10 heavy (non-hydrogen) atoms. The second-order valence-corrected chi connectivity index (χ2v) is 2.03. The van der Waals surface area contributed by atoms with Crippen molar-refractivity contribution in [1.82, 2.24) is 15.0 Å². The number of hydrogen-bond acceptors (Lipinski definition) is 3.